The zero-order valence-electron chi connectivity index (χ0n) is 7.63. The van der Waals surface area contributed by atoms with Gasteiger partial charge in [-0.05, 0) is 12.0 Å². The highest BCUT2D eigenvalue weighted by Gasteiger charge is 2.24. The topological polar surface area (TPSA) is 20.3 Å². The predicted molar refractivity (Wildman–Crippen MR) is 47.3 cm³/mol. The first-order valence-corrected chi connectivity index (χ1v) is 4.15. The second kappa shape index (κ2) is 4.94. The molecule has 11 heavy (non-hydrogen) atoms. The van der Waals surface area contributed by atoms with Crippen molar-refractivity contribution in [2.75, 3.05) is 13.1 Å². The third-order valence-electron chi connectivity index (χ3n) is 1.55. The van der Waals surface area contributed by atoms with Gasteiger partial charge < -0.3 is 4.90 Å². The fraction of sp³-hybridized carbons (Fsp3) is 0.667. The lowest BCUT2D eigenvalue weighted by atomic mass is 10.0. The van der Waals surface area contributed by atoms with Crippen molar-refractivity contribution in [2.45, 2.75) is 20.8 Å². The Labute approximate surface area is 68.9 Å². The third kappa shape index (κ3) is 2.74. The Hall–Kier alpha value is -0.790. The molecular weight excluding hydrogens is 138 g/mol. The molecule has 1 saturated heterocycles. The van der Waals surface area contributed by atoms with Crippen molar-refractivity contribution in [1.29, 1.82) is 0 Å². The first-order valence-electron chi connectivity index (χ1n) is 4.15. The van der Waals surface area contributed by atoms with Gasteiger partial charge in [-0.2, -0.15) is 0 Å². The number of hydrogen-bond acceptors (Lipinski definition) is 1. The van der Waals surface area contributed by atoms with Gasteiger partial charge in [0.15, 0.2) is 0 Å². The molecule has 1 rings (SSSR count). The van der Waals surface area contributed by atoms with Gasteiger partial charge in [-0.25, -0.2) is 0 Å². The first-order chi connectivity index (χ1) is 5.24. The molecule has 0 radical (unpaired) electrons. The zero-order chi connectivity index (χ0) is 8.85. The second-order valence-electron chi connectivity index (χ2n) is 2.55. The van der Waals surface area contributed by atoms with Gasteiger partial charge in [0.25, 0.3) is 0 Å². The van der Waals surface area contributed by atoms with E-state index < -0.39 is 0 Å². The Kier molecular flexibility index (Phi) is 4.59. The highest BCUT2D eigenvalue weighted by molar-refractivity contribution is 5.87. The van der Waals surface area contributed by atoms with Crippen molar-refractivity contribution in [3.05, 3.63) is 12.7 Å². The van der Waals surface area contributed by atoms with Gasteiger partial charge in [0, 0.05) is 13.1 Å². The number of nitrogens with zero attached hydrogens (tertiary/aromatic N) is 1. The Morgan fingerprint density at radius 1 is 1.55 bits per heavy atom. The molecule has 0 spiro atoms. The molecule has 1 aliphatic rings. The van der Waals surface area contributed by atoms with E-state index in [1.807, 2.05) is 13.8 Å². The summed E-state index contributed by atoms with van der Waals surface area (Å²) in [4.78, 5) is 12.5. The van der Waals surface area contributed by atoms with Crippen LogP contribution in [0.15, 0.2) is 12.7 Å². The standard InChI is InChI=1S/C7H11NO.C2H6/c1-3-7(9)8-4-6(2)5-8;1-2/h3,6H,1,4-5H2,2H3;1-2H3. The normalized spacial score (nSPS) is 16.1. The van der Waals surface area contributed by atoms with E-state index in [0.29, 0.717) is 5.92 Å². The molecule has 0 bridgehead atoms. The lowest BCUT2D eigenvalue weighted by Gasteiger charge is -2.36. The minimum atomic E-state index is 0.0631. The lowest BCUT2D eigenvalue weighted by Crippen LogP contribution is -2.47. The largest absolute Gasteiger partial charge is 0.339 e. The molecule has 0 aromatic heterocycles. The zero-order valence-corrected chi connectivity index (χ0v) is 7.63. The van der Waals surface area contributed by atoms with Crippen molar-refractivity contribution in [3.63, 3.8) is 0 Å². The fourth-order valence-corrected chi connectivity index (χ4v) is 1.01. The van der Waals surface area contributed by atoms with Crippen LogP contribution in [-0.4, -0.2) is 23.9 Å². The van der Waals surface area contributed by atoms with E-state index >= 15 is 0 Å². The fourth-order valence-electron chi connectivity index (χ4n) is 1.01. The van der Waals surface area contributed by atoms with Crippen molar-refractivity contribution in [1.82, 2.24) is 4.90 Å². The summed E-state index contributed by atoms with van der Waals surface area (Å²) in [6.45, 7) is 11.3. The summed E-state index contributed by atoms with van der Waals surface area (Å²) in [5, 5.41) is 0. The Bertz CT molecular complexity index is 136. The van der Waals surface area contributed by atoms with Crippen LogP contribution in [0.4, 0.5) is 0 Å². The average Bonchev–Trinajstić information content (AvgIpc) is 2.01. The number of hydrogen-bond donors (Lipinski definition) is 0. The van der Waals surface area contributed by atoms with E-state index in [2.05, 4.69) is 13.5 Å². The molecule has 0 unspecified atom stereocenters. The van der Waals surface area contributed by atoms with Gasteiger partial charge >= 0.3 is 0 Å². The first kappa shape index (κ1) is 10.2. The van der Waals surface area contributed by atoms with Crippen molar-refractivity contribution in [2.24, 2.45) is 5.92 Å². The summed E-state index contributed by atoms with van der Waals surface area (Å²) in [6, 6.07) is 0. The van der Waals surface area contributed by atoms with E-state index in [1.165, 1.54) is 6.08 Å². The molecular formula is C9H17NO. The minimum absolute atomic E-state index is 0.0631. The minimum Gasteiger partial charge on any atom is -0.339 e. The number of likely N-dealkylation sites (tertiary alicyclic amines) is 1. The molecule has 2 heteroatoms. The smallest absolute Gasteiger partial charge is 0.245 e. The molecule has 64 valence electrons. The molecule has 0 aromatic carbocycles. The second-order valence-corrected chi connectivity index (χ2v) is 2.55. The molecule has 1 heterocycles. The third-order valence-corrected chi connectivity index (χ3v) is 1.55. The summed E-state index contributed by atoms with van der Waals surface area (Å²) >= 11 is 0. The van der Waals surface area contributed by atoms with Crippen LogP contribution in [0, 0.1) is 5.92 Å². The lowest BCUT2D eigenvalue weighted by molar-refractivity contribution is -0.131. The maximum absolute atomic E-state index is 10.7. The average molecular weight is 155 g/mol. The quantitative estimate of drug-likeness (QED) is 0.527. The maximum Gasteiger partial charge on any atom is 0.245 e. The van der Waals surface area contributed by atoms with Crippen LogP contribution in [0.25, 0.3) is 0 Å². The molecule has 0 aromatic rings. The van der Waals surface area contributed by atoms with Gasteiger partial charge in [0.1, 0.15) is 0 Å². The molecule has 0 N–H and O–H groups in total. The van der Waals surface area contributed by atoms with E-state index in [9.17, 15) is 4.79 Å². The summed E-state index contributed by atoms with van der Waals surface area (Å²) in [7, 11) is 0. The van der Waals surface area contributed by atoms with Gasteiger partial charge in [-0.15, -0.1) is 0 Å². The molecule has 1 aliphatic heterocycles. The maximum atomic E-state index is 10.7. The van der Waals surface area contributed by atoms with E-state index in [4.69, 9.17) is 0 Å². The molecule has 1 amide bonds. The van der Waals surface area contributed by atoms with Crippen LogP contribution in [0.3, 0.4) is 0 Å². The van der Waals surface area contributed by atoms with Crippen LogP contribution in [-0.2, 0) is 4.79 Å². The van der Waals surface area contributed by atoms with Crippen LogP contribution >= 0.6 is 0 Å². The van der Waals surface area contributed by atoms with Gasteiger partial charge in [-0.1, -0.05) is 27.4 Å². The van der Waals surface area contributed by atoms with Crippen LogP contribution in [0.1, 0.15) is 20.8 Å². The summed E-state index contributed by atoms with van der Waals surface area (Å²) in [5.74, 6) is 0.752. The van der Waals surface area contributed by atoms with Crippen LogP contribution in [0.2, 0.25) is 0 Å². The molecule has 2 nitrogen and oxygen atoms in total. The highest BCUT2D eigenvalue weighted by Crippen LogP contribution is 2.13. The number of carbonyl (C=O) groups excluding carboxylic acids is 1. The van der Waals surface area contributed by atoms with Crippen molar-refractivity contribution >= 4 is 5.91 Å². The number of rotatable bonds is 1. The molecule has 1 fully saturated rings. The molecule has 0 aliphatic carbocycles. The van der Waals surface area contributed by atoms with Crippen LogP contribution in [0.5, 0.6) is 0 Å². The van der Waals surface area contributed by atoms with E-state index in [-0.39, 0.29) is 5.91 Å². The summed E-state index contributed by atoms with van der Waals surface area (Å²) in [5.41, 5.74) is 0. The van der Waals surface area contributed by atoms with Crippen LogP contribution < -0.4 is 0 Å². The SMILES string of the molecule is C=CC(=O)N1CC(C)C1.CC. The number of amides is 1. The van der Waals surface area contributed by atoms with Crippen molar-refractivity contribution in [3.8, 4) is 0 Å². The van der Waals surface area contributed by atoms with Gasteiger partial charge in [0.05, 0.1) is 0 Å². The van der Waals surface area contributed by atoms with E-state index in [1.54, 1.807) is 4.90 Å². The summed E-state index contributed by atoms with van der Waals surface area (Å²) in [6.07, 6.45) is 1.37. The predicted octanol–water partition coefficient (Wildman–Crippen LogP) is 1.68. The Morgan fingerprint density at radius 2 is 2.00 bits per heavy atom. The molecule has 0 saturated carbocycles. The number of carbonyl (C=O) groups is 1. The van der Waals surface area contributed by atoms with Gasteiger partial charge in [0.2, 0.25) is 5.91 Å². The molecule has 0 atom stereocenters. The van der Waals surface area contributed by atoms with Gasteiger partial charge in [-0.3, -0.25) is 4.79 Å². The Morgan fingerprint density at radius 3 is 2.27 bits per heavy atom. The van der Waals surface area contributed by atoms with E-state index in [0.717, 1.165) is 13.1 Å². The Balaban J connectivity index is 0.000000461. The summed E-state index contributed by atoms with van der Waals surface area (Å²) < 4.78 is 0. The van der Waals surface area contributed by atoms with Crippen molar-refractivity contribution < 1.29 is 4.79 Å². The highest BCUT2D eigenvalue weighted by atomic mass is 16.2. The monoisotopic (exact) mass is 155 g/mol.